The minimum absolute atomic E-state index is 0.0267. The van der Waals surface area contributed by atoms with Crippen molar-refractivity contribution in [3.63, 3.8) is 0 Å². The van der Waals surface area contributed by atoms with Crippen molar-refractivity contribution in [3.8, 4) is 5.75 Å². The first-order valence-corrected chi connectivity index (χ1v) is 8.37. The normalized spacial score (nSPS) is 10.3. The van der Waals surface area contributed by atoms with E-state index in [9.17, 15) is 14.9 Å². The van der Waals surface area contributed by atoms with E-state index in [0.29, 0.717) is 23.4 Å². The van der Waals surface area contributed by atoms with Crippen LogP contribution in [-0.2, 0) is 6.61 Å². The molecule has 0 aliphatic rings. The summed E-state index contributed by atoms with van der Waals surface area (Å²) < 4.78 is 5.67. The predicted molar refractivity (Wildman–Crippen MR) is 103 cm³/mol. The van der Waals surface area contributed by atoms with Gasteiger partial charge in [0.2, 0.25) is 0 Å². The van der Waals surface area contributed by atoms with Crippen LogP contribution in [0.3, 0.4) is 0 Å². The van der Waals surface area contributed by atoms with Gasteiger partial charge in [-0.3, -0.25) is 14.9 Å². The van der Waals surface area contributed by atoms with Gasteiger partial charge in [0.1, 0.15) is 12.4 Å². The molecule has 136 valence electrons. The fourth-order valence-electron chi connectivity index (χ4n) is 2.59. The zero-order chi connectivity index (χ0) is 19.2. The van der Waals surface area contributed by atoms with Crippen molar-refractivity contribution in [1.82, 2.24) is 0 Å². The minimum Gasteiger partial charge on any atom is -0.489 e. The van der Waals surface area contributed by atoms with Crippen molar-refractivity contribution in [1.29, 1.82) is 0 Å². The molecular formula is C21H18N2O4. The number of hydrogen-bond acceptors (Lipinski definition) is 4. The van der Waals surface area contributed by atoms with Crippen molar-refractivity contribution in [2.45, 2.75) is 13.5 Å². The topological polar surface area (TPSA) is 81.5 Å². The Morgan fingerprint density at radius 3 is 2.37 bits per heavy atom. The highest BCUT2D eigenvalue weighted by molar-refractivity contribution is 6.04. The molecule has 0 fully saturated rings. The van der Waals surface area contributed by atoms with E-state index >= 15 is 0 Å². The summed E-state index contributed by atoms with van der Waals surface area (Å²) in [5.41, 5.74) is 2.21. The Bertz CT molecular complexity index is 954. The number of anilines is 1. The standard InChI is InChI=1S/C21H18N2O4/c1-15-19(8-5-9-20(15)23(25)26)22-21(24)17-12-10-16(11-13-17)14-27-18-6-3-2-4-7-18/h2-13H,14H2,1H3,(H,22,24). The van der Waals surface area contributed by atoms with Crippen molar-refractivity contribution < 1.29 is 14.5 Å². The second-order valence-electron chi connectivity index (χ2n) is 5.96. The Balaban J connectivity index is 1.66. The molecule has 0 aliphatic carbocycles. The maximum Gasteiger partial charge on any atom is 0.274 e. The van der Waals surface area contributed by atoms with E-state index in [2.05, 4.69) is 5.32 Å². The van der Waals surface area contributed by atoms with E-state index in [4.69, 9.17) is 4.74 Å². The summed E-state index contributed by atoms with van der Waals surface area (Å²) in [6, 6.07) is 21.1. The summed E-state index contributed by atoms with van der Waals surface area (Å²) in [6.45, 7) is 2.01. The second kappa shape index (κ2) is 8.14. The third-order valence-electron chi connectivity index (χ3n) is 4.11. The minimum atomic E-state index is -0.466. The van der Waals surface area contributed by atoms with Crippen LogP contribution in [0.2, 0.25) is 0 Å². The van der Waals surface area contributed by atoms with Crippen LogP contribution in [0.1, 0.15) is 21.5 Å². The van der Waals surface area contributed by atoms with Gasteiger partial charge in [-0.05, 0) is 42.8 Å². The van der Waals surface area contributed by atoms with E-state index in [1.165, 1.54) is 6.07 Å². The first-order chi connectivity index (χ1) is 13.0. The molecule has 6 nitrogen and oxygen atoms in total. The molecule has 0 aromatic heterocycles. The first kappa shape index (κ1) is 18.1. The lowest BCUT2D eigenvalue weighted by atomic mass is 10.1. The average molecular weight is 362 g/mol. The predicted octanol–water partition coefficient (Wildman–Crippen LogP) is 4.73. The fraction of sp³-hybridized carbons (Fsp3) is 0.0952. The third-order valence-corrected chi connectivity index (χ3v) is 4.11. The van der Waals surface area contributed by atoms with Gasteiger partial charge in [-0.2, -0.15) is 0 Å². The van der Waals surface area contributed by atoms with Crippen LogP contribution in [0.25, 0.3) is 0 Å². The van der Waals surface area contributed by atoms with Gasteiger partial charge in [0.25, 0.3) is 11.6 Å². The lowest BCUT2D eigenvalue weighted by molar-refractivity contribution is -0.385. The lowest BCUT2D eigenvalue weighted by Gasteiger charge is -2.10. The first-order valence-electron chi connectivity index (χ1n) is 8.37. The Hall–Kier alpha value is -3.67. The largest absolute Gasteiger partial charge is 0.489 e. The van der Waals surface area contributed by atoms with E-state index < -0.39 is 4.92 Å². The van der Waals surface area contributed by atoms with Gasteiger partial charge in [0.05, 0.1) is 16.2 Å². The number of carbonyl (C=O) groups excluding carboxylic acids is 1. The Morgan fingerprint density at radius 2 is 1.70 bits per heavy atom. The zero-order valence-electron chi connectivity index (χ0n) is 14.7. The number of para-hydroxylation sites is 1. The Labute approximate surface area is 156 Å². The van der Waals surface area contributed by atoms with Gasteiger partial charge in [0.15, 0.2) is 0 Å². The highest BCUT2D eigenvalue weighted by Crippen LogP contribution is 2.25. The number of hydrogen-bond donors (Lipinski definition) is 1. The monoisotopic (exact) mass is 362 g/mol. The van der Waals surface area contributed by atoms with Crippen LogP contribution >= 0.6 is 0 Å². The van der Waals surface area contributed by atoms with E-state index in [0.717, 1.165) is 11.3 Å². The molecule has 0 bridgehead atoms. The molecule has 1 amide bonds. The molecule has 0 saturated carbocycles. The van der Waals surface area contributed by atoms with E-state index in [-0.39, 0.29) is 11.6 Å². The van der Waals surface area contributed by atoms with Crippen molar-refractivity contribution in [3.05, 3.63) is 99.6 Å². The highest BCUT2D eigenvalue weighted by Gasteiger charge is 2.15. The zero-order valence-corrected chi connectivity index (χ0v) is 14.7. The SMILES string of the molecule is Cc1c(NC(=O)c2ccc(COc3ccccc3)cc2)cccc1[N+](=O)[O-]. The number of ether oxygens (including phenoxy) is 1. The summed E-state index contributed by atoms with van der Waals surface area (Å²) in [6.07, 6.45) is 0. The van der Waals surface area contributed by atoms with Crippen LogP contribution in [0.15, 0.2) is 72.8 Å². The van der Waals surface area contributed by atoms with Gasteiger partial charge in [-0.15, -0.1) is 0 Å². The molecule has 1 N–H and O–H groups in total. The number of nitrogens with one attached hydrogen (secondary N) is 1. The van der Waals surface area contributed by atoms with Gasteiger partial charge in [-0.25, -0.2) is 0 Å². The molecule has 0 atom stereocenters. The molecule has 3 aromatic rings. The maximum atomic E-state index is 12.4. The van der Waals surface area contributed by atoms with E-state index in [1.807, 2.05) is 42.5 Å². The van der Waals surface area contributed by atoms with Crippen LogP contribution in [0.5, 0.6) is 5.75 Å². The molecule has 0 radical (unpaired) electrons. The van der Waals surface area contributed by atoms with Gasteiger partial charge >= 0.3 is 0 Å². The van der Waals surface area contributed by atoms with Crippen LogP contribution in [0.4, 0.5) is 11.4 Å². The molecule has 0 spiro atoms. The molecule has 0 heterocycles. The maximum absolute atomic E-state index is 12.4. The number of benzene rings is 3. The molecule has 3 aromatic carbocycles. The van der Waals surface area contributed by atoms with Crippen molar-refractivity contribution >= 4 is 17.3 Å². The molecule has 3 rings (SSSR count). The molecular weight excluding hydrogens is 344 g/mol. The number of carbonyl (C=O) groups is 1. The second-order valence-corrected chi connectivity index (χ2v) is 5.96. The molecule has 27 heavy (non-hydrogen) atoms. The summed E-state index contributed by atoms with van der Waals surface area (Å²) in [7, 11) is 0. The Kier molecular flexibility index (Phi) is 5.47. The van der Waals surface area contributed by atoms with Crippen LogP contribution in [-0.4, -0.2) is 10.8 Å². The summed E-state index contributed by atoms with van der Waals surface area (Å²) in [4.78, 5) is 23.0. The number of amides is 1. The fourth-order valence-corrected chi connectivity index (χ4v) is 2.59. The quantitative estimate of drug-likeness (QED) is 0.507. The summed E-state index contributed by atoms with van der Waals surface area (Å²) >= 11 is 0. The average Bonchev–Trinajstić information content (AvgIpc) is 2.69. The number of rotatable bonds is 6. The van der Waals surface area contributed by atoms with Crippen molar-refractivity contribution in [2.24, 2.45) is 0 Å². The third kappa shape index (κ3) is 4.49. The number of nitrogens with zero attached hydrogens (tertiary/aromatic N) is 1. The lowest BCUT2D eigenvalue weighted by Crippen LogP contribution is -2.13. The van der Waals surface area contributed by atoms with Crippen LogP contribution < -0.4 is 10.1 Å². The van der Waals surface area contributed by atoms with Gasteiger partial charge in [0, 0.05) is 11.6 Å². The summed E-state index contributed by atoms with van der Waals surface area (Å²) in [5.74, 6) is 0.453. The number of nitro benzene ring substituents is 1. The smallest absolute Gasteiger partial charge is 0.274 e. The molecule has 6 heteroatoms. The molecule has 0 unspecified atom stereocenters. The van der Waals surface area contributed by atoms with Gasteiger partial charge < -0.3 is 10.1 Å². The molecule has 0 saturated heterocycles. The van der Waals surface area contributed by atoms with Crippen LogP contribution in [0, 0.1) is 17.0 Å². The number of nitro groups is 1. The summed E-state index contributed by atoms with van der Waals surface area (Å²) in [5, 5.41) is 13.7. The van der Waals surface area contributed by atoms with Crippen molar-refractivity contribution in [2.75, 3.05) is 5.32 Å². The Morgan fingerprint density at radius 1 is 1.00 bits per heavy atom. The van der Waals surface area contributed by atoms with E-state index in [1.54, 1.807) is 31.2 Å². The molecule has 0 aliphatic heterocycles. The highest BCUT2D eigenvalue weighted by atomic mass is 16.6. The van der Waals surface area contributed by atoms with Gasteiger partial charge in [-0.1, -0.05) is 36.4 Å².